The Balaban J connectivity index is 2.01. The van der Waals surface area contributed by atoms with E-state index in [0.717, 1.165) is 23.8 Å². The molecule has 4 nitrogen and oxygen atoms in total. The quantitative estimate of drug-likeness (QED) is 0.778. The van der Waals surface area contributed by atoms with Gasteiger partial charge in [-0.05, 0) is 18.9 Å². The Hall–Kier alpha value is -2.11. The molecular formula is C13H9F2NO3. The van der Waals surface area contributed by atoms with E-state index >= 15 is 0 Å². The Bertz CT molecular complexity index is 623. The maximum atomic E-state index is 13.7. The Morgan fingerprint density at radius 1 is 1.26 bits per heavy atom. The van der Waals surface area contributed by atoms with Gasteiger partial charge in [-0.1, -0.05) is 0 Å². The predicted molar refractivity (Wildman–Crippen MR) is 60.8 cm³/mol. The zero-order valence-electron chi connectivity index (χ0n) is 9.78. The Morgan fingerprint density at radius 2 is 1.95 bits per heavy atom. The average molecular weight is 265 g/mol. The summed E-state index contributed by atoms with van der Waals surface area (Å²) in [6.07, 6.45) is 1.52. The number of fused-ring (bicyclic) bond motifs is 1. The first-order valence-corrected chi connectivity index (χ1v) is 5.87. The summed E-state index contributed by atoms with van der Waals surface area (Å²) >= 11 is 0. The summed E-state index contributed by atoms with van der Waals surface area (Å²) in [6.45, 7) is -0.329. The number of anilines is 1. The third-order valence-electron chi connectivity index (χ3n) is 3.33. The zero-order chi connectivity index (χ0) is 13.7. The van der Waals surface area contributed by atoms with E-state index in [0.29, 0.717) is 6.07 Å². The molecule has 0 radical (unpaired) electrons. The smallest absolute Gasteiger partial charge is 0.297 e. The topological polar surface area (TPSA) is 54.5 Å². The number of hydrogen-bond donors (Lipinski definition) is 0. The highest BCUT2D eigenvalue weighted by atomic mass is 19.1. The number of amides is 1. The molecule has 98 valence electrons. The first-order valence-electron chi connectivity index (χ1n) is 5.87. The van der Waals surface area contributed by atoms with Crippen molar-refractivity contribution in [3.8, 4) is 0 Å². The van der Waals surface area contributed by atoms with E-state index in [4.69, 9.17) is 0 Å². The molecule has 1 fully saturated rings. The molecule has 0 spiro atoms. The van der Waals surface area contributed by atoms with E-state index in [1.54, 1.807) is 0 Å². The molecule has 0 bridgehead atoms. The molecule has 19 heavy (non-hydrogen) atoms. The third kappa shape index (κ3) is 1.83. The molecule has 1 heterocycles. The summed E-state index contributed by atoms with van der Waals surface area (Å²) in [4.78, 5) is 35.9. The lowest BCUT2D eigenvalue weighted by molar-refractivity contribution is -0.121. The van der Waals surface area contributed by atoms with Gasteiger partial charge in [-0.2, -0.15) is 0 Å². The van der Waals surface area contributed by atoms with Gasteiger partial charge in [0.15, 0.2) is 11.6 Å². The Labute approximate surface area is 107 Å². The standard InChI is InChI=1S/C13H9F2NO3/c14-7-3-8-11(9(15)4-7)16(13(19)12(8)18)5-10(17)6-1-2-6/h3-4,6H,1-2,5H2. The summed E-state index contributed by atoms with van der Waals surface area (Å²) < 4.78 is 26.8. The first kappa shape index (κ1) is 12.0. The predicted octanol–water partition coefficient (Wildman–Crippen LogP) is 1.47. The van der Waals surface area contributed by atoms with Gasteiger partial charge in [0.2, 0.25) is 0 Å². The third-order valence-corrected chi connectivity index (χ3v) is 3.33. The number of halogens is 2. The zero-order valence-corrected chi connectivity index (χ0v) is 9.78. The van der Waals surface area contributed by atoms with Crippen molar-refractivity contribution in [2.75, 3.05) is 11.4 Å². The molecule has 3 rings (SSSR count). The molecule has 1 aliphatic carbocycles. The van der Waals surface area contributed by atoms with Gasteiger partial charge < -0.3 is 0 Å². The van der Waals surface area contributed by atoms with Crippen LogP contribution in [0.1, 0.15) is 23.2 Å². The largest absolute Gasteiger partial charge is 0.299 e. The van der Waals surface area contributed by atoms with Crippen LogP contribution in [0.2, 0.25) is 0 Å². The number of carbonyl (C=O) groups is 3. The van der Waals surface area contributed by atoms with E-state index in [1.807, 2.05) is 0 Å². The van der Waals surface area contributed by atoms with Gasteiger partial charge in [-0.15, -0.1) is 0 Å². The average Bonchev–Trinajstić information content (AvgIpc) is 3.15. The minimum Gasteiger partial charge on any atom is -0.297 e. The lowest BCUT2D eigenvalue weighted by Crippen LogP contribution is -2.35. The number of rotatable bonds is 3. The number of nitrogens with zero attached hydrogens (tertiary/aromatic N) is 1. The molecule has 6 heteroatoms. The van der Waals surface area contributed by atoms with Crippen molar-refractivity contribution in [2.24, 2.45) is 5.92 Å². The van der Waals surface area contributed by atoms with Crippen molar-refractivity contribution in [1.82, 2.24) is 0 Å². The molecule has 1 aromatic carbocycles. The normalized spacial score (nSPS) is 17.9. The van der Waals surface area contributed by atoms with E-state index < -0.39 is 23.3 Å². The molecule has 1 saturated carbocycles. The van der Waals surface area contributed by atoms with E-state index in [1.165, 1.54) is 0 Å². The number of Topliss-reactive ketones (excluding diaryl/α,β-unsaturated/α-hetero) is 2. The van der Waals surface area contributed by atoms with Crippen molar-refractivity contribution in [3.05, 3.63) is 29.3 Å². The van der Waals surface area contributed by atoms with Crippen molar-refractivity contribution in [2.45, 2.75) is 12.8 Å². The van der Waals surface area contributed by atoms with E-state index in [2.05, 4.69) is 0 Å². The molecule has 0 aromatic heterocycles. The van der Waals surface area contributed by atoms with Crippen molar-refractivity contribution < 1.29 is 23.2 Å². The van der Waals surface area contributed by atoms with Crippen LogP contribution >= 0.6 is 0 Å². The summed E-state index contributed by atoms with van der Waals surface area (Å²) in [6, 6.07) is 1.42. The van der Waals surface area contributed by atoms with Gasteiger partial charge >= 0.3 is 0 Å². The van der Waals surface area contributed by atoms with Crippen LogP contribution in [0.15, 0.2) is 12.1 Å². The van der Waals surface area contributed by atoms with Gasteiger partial charge in [-0.25, -0.2) is 8.78 Å². The number of hydrogen-bond acceptors (Lipinski definition) is 3. The van der Waals surface area contributed by atoms with Gasteiger partial charge in [0.05, 0.1) is 17.8 Å². The van der Waals surface area contributed by atoms with Crippen LogP contribution in [0, 0.1) is 17.6 Å². The second kappa shape index (κ2) is 3.94. The molecule has 0 N–H and O–H groups in total. The lowest BCUT2D eigenvalue weighted by atomic mass is 10.1. The fraction of sp³-hybridized carbons (Fsp3) is 0.308. The summed E-state index contributed by atoms with van der Waals surface area (Å²) in [7, 11) is 0. The molecule has 1 aromatic rings. The fourth-order valence-corrected chi connectivity index (χ4v) is 2.19. The monoisotopic (exact) mass is 265 g/mol. The van der Waals surface area contributed by atoms with Crippen molar-refractivity contribution >= 4 is 23.2 Å². The molecular weight excluding hydrogens is 256 g/mol. The van der Waals surface area contributed by atoms with Gasteiger partial charge in [-0.3, -0.25) is 19.3 Å². The van der Waals surface area contributed by atoms with Crippen LogP contribution in [-0.2, 0) is 9.59 Å². The molecule has 2 aliphatic rings. The van der Waals surface area contributed by atoms with Crippen LogP contribution in [0.4, 0.5) is 14.5 Å². The second-order valence-corrected chi connectivity index (χ2v) is 4.74. The van der Waals surface area contributed by atoms with E-state index in [-0.39, 0.29) is 29.5 Å². The molecule has 1 aliphatic heterocycles. The second-order valence-electron chi connectivity index (χ2n) is 4.74. The van der Waals surface area contributed by atoms with Crippen molar-refractivity contribution in [1.29, 1.82) is 0 Å². The first-order chi connectivity index (χ1) is 8.99. The van der Waals surface area contributed by atoms with Crippen LogP contribution in [-0.4, -0.2) is 24.0 Å². The highest BCUT2D eigenvalue weighted by molar-refractivity contribution is 6.52. The van der Waals surface area contributed by atoms with Crippen LogP contribution < -0.4 is 4.90 Å². The van der Waals surface area contributed by atoms with E-state index in [9.17, 15) is 23.2 Å². The number of carbonyl (C=O) groups excluding carboxylic acids is 3. The molecule has 0 saturated heterocycles. The van der Waals surface area contributed by atoms with Crippen LogP contribution in [0.25, 0.3) is 0 Å². The minimum absolute atomic E-state index is 0.101. The van der Waals surface area contributed by atoms with Crippen molar-refractivity contribution in [3.63, 3.8) is 0 Å². The molecule has 1 amide bonds. The number of ketones is 2. The van der Waals surface area contributed by atoms with Gasteiger partial charge in [0.1, 0.15) is 5.82 Å². The van der Waals surface area contributed by atoms with Crippen LogP contribution in [0.3, 0.4) is 0 Å². The molecule has 0 atom stereocenters. The summed E-state index contributed by atoms with van der Waals surface area (Å²) in [5.74, 6) is -4.18. The lowest BCUT2D eigenvalue weighted by Gasteiger charge is -2.15. The number of benzene rings is 1. The maximum Gasteiger partial charge on any atom is 0.299 e. The van der Waals surface area contributed by atoms with Gasteiger partial charge in [0, 0.05) is 12.0 Å². The van der Waals surface area contributed by atoms with Crippen LogP contribution in [0.5, 0.6) is 0 Å². The highest BCUT2D eigenvalue weighted by Gasteiger charge is 2.41. The Kier molecular flexibility index (Phi) is 2.48. The summed E-state index contributed by atoms with van der Waals surface area (Å²) in [5.41, 5.74) is -0.600. The fourth-order valence-electron chi connectivity index (χ4n) is 2.19. The maximum absolute atomic E-state index is 13.7. The highest BCUT2D eigenvalue weighted by Crippen LogP contribution is 2.35. The van der Waals surface area contributed by atoms with Gasteiger partial charge in [0.25, 0.3) is 11.7 Å². The summed E-state index contributed by atoms with van der Waals surface area (Å²) in [5, 5.41) is 0. The minimum atomic E-state index is -1.00. The Morgan fingerprint density at radius 3 is 2.58 bits per heavy atom. The molecule has 0 unspecified atom stereocenters. The SMILES string of the molecule is O=C1C(=O)N(CC(=O)C2CC2)c2c(F)cc(F)cc21.